The minimum Gasteiger partial charge on any atom is -0.283 e. The number of nitrogens with zero attached hydrogens (tertiary/aromatic N) is 2. The normalized spacial score (nSPS) is 11.2. The molecule has 3 nitrogen and oxygen atoms in total. The van der Waals surface area contributed by atoms with Gasteiger partial charge in [-0.2, -0.15) is 0 Å². The van der Waals surface area contributed by atoms with E-state index in [1.54, 1.807) is 16.3 Å². The van der Waals surface area contributed by atoms with Gasteiger partial charge in [0.1, 0.15) is 0 Å². The molecule has 2 aromatic carbocycles. The maximum absolute atomic E-state index is 12.8. The lowest BCUT2D eigenvalue weighted by atomic mass is 10.2. The lowest BCUT2D eigenvalue weighted by Gasteiger charge is -2.14. The van der Waals surface area contributed by atoms with Gasteiger partial charge in [0.2, 0.25) is 0 Å². The van der Waals surface area contributed by atoms with Crippen molar-refractivity contribution in [1.29, 1.82) is 0 Å². The fourth-order valence-electron chi connectivity index (χ4n) is 2.35. The van der Waals surface area contributed by atoms with Gasteiger partial charge in [0.15, 0.2) is 5.16 Å². The maximum Gasteiger partial charge on any atom is 0.262 e. The topological polar surface area (TPSA) is 34.9 Å². The molecule has 0 aliphatic rings. The summed E-state index contributed by atoms with van der Waals surface area (Å²) in [4.78, 5) is 17.5. The number of benzene rings is 2. The Labute approximate surface area is 134 Å². The summed E-state index contributed by atoms with van der Waals surface area (Å²) in [5, 5.41) is 1.82. The molecule has 0 spiro atoms. The van der Waals surface area contributed by atoms with Gasteiger partial charge in [0.05, 0.1) is 17.4 Å². The maximum atomic E-state index is 12.8. The van der Waals surface area contributed by atoms with Crippen molar-refractivity contribution in [1.82, 2.24) is 9.55 Å². The van der Waals surface area contributed by atoms with E-state index >= 15 is 0 Å². The van der Waals surface area contributed by atoms with Gasteiger partial charge in [-0.1, -0.05) is 68.1 Å². The first-order valence-electron chi connectivity index (χ1n) is 7.35. The van der Waals surface area contributed by atoms with E-state index < -0.39 is 0 Å². The standard InChI is InChI=1S/C18H18N2OS/c1-13(2)22-18-19-16-11-7-6-10-15(16)17(21)20(18)12-14-8-4-3-5-9-14/h3-11,13H,12H2,1-2H3. The van der Waals surface area contributed by atoms with Crippen molar-refractivity contribution in [2.75, 3.05) is 0 Å². The van der Waals surface area contributed by atoms with E-state index in [0.717, 1.165) is 16.2 Å². The largest absolute Gasteiger partial charge is 0.283 e. The molecule has 112 valence electrons. The number of hydrogen-bond donors (Lipinski definition) is 0. The van der Waals surface area contributed by atoms with Crippen molar-refractivity contribution in [2.45, 2.75) is 30.8 Å². The molecule has 0 bridgehead atoms. The zero-order chi connectivity index (χ0) is 15.5. The Hall–Kier alpha value is -2.07. The number of rotatable bonds is 4. The zero-order valence-corrected chi connectivity index (χ0v) is 13.5. The number of fused-ring (bicyclic) bond motifs is 1. The van der Waals surface area contributed by atoms with E-state index in [-0.39, 0.29) is 5.56 Å². The van der Waals surface area contributed by atoms with Gasteiger partial charge >= 0.3 is 0 Å². The van der Waals surface area contributed by atoms with Crippen molar-refractivity contribution in [3.05, 3.63) is 70.5 Å². The Morgan fingerprint density at radius 2 is 1.73 bits per heavy atom. The molecule has 22 heavy (non-hydrogen) atoms. The van der Waals surface area contributed by atoms with Crippen molar-refractivity contribution in [3.63, 3.8) is 0 Å². The molecule has 0 aliphatic heterocycles. The number of para-hydroxylation sites is 1. The molecular weight excluding hydrogens is 292 g/mol. The molecule has 1 aromatic heterocycles. The predicted octanol–water partition coefficient (Wildman–Crippen LogP) is 3.95. The van der Waals surface area contributed by atoms with Crippen LogP contribution in [0, 0.1) is 0 Å². The number of thioether (sulfide) groups is 1. The average Bonchev–Trinajstić information content (AvgIpc) is 2.52. The van der Waals surface area contributed by atoms with Crippen LogP contribution >= 0.6 is 11.8 Å². The smallest absolute Gasteiger partial charge is 0.262 e. The summed E-state index contributed by atoms with van der Waals surface area (Å²) in [6, 6.07) is 17.6. The van der Waals surface area contributed by atoms with Gasteiger partial charge in [0, 0.05) is 5.25 Å². The first-order chi connectivity index (χ1) is 10.6. The lowest BCUT2D eigenvalue weighted by Crippen LogP contribution is -2.24. The lowest BCUT2D eigenvalue weighted by molar-refractivity contribution is 0.657. The second-order valence-electron chi connectivity index (χ2n) is 5.46. The van der Waals surface area contributed by atoms with Gasteiger partial charge in [-0.15, -0.1) is 0 Å². The zero-order valence-electron chi connectivity index (χ0n) is 12.7. The first-order valence-corrected chi connectivity index (χ1v) is 8.23. The van der Waals surface area contributed by atoms with E-state index in [9.17, 15) is 4.79 Å². The monoisotopic (exact) mass is 310 g/mol. The second-order valence-corrected chi connectivity index (χ2v) is 7.00. The van der Waals surface area contributed by atoms with Crippen LogP contribution in [0.3, 0.4) is 0 Å². The fourth-order valence-corrected chi connectivity index (χ4v) is 3.20. The Kier molecular flexibility index (Phi) is 4.29. The summed E-state index contributed by atoms with van der Waals surface area (Å²) < 4.78 is 1.78. The quantitative estimate of drug-likeness (QED) is 0.541. The highest BCUT2D eigenvalue weighted by atomic mass is 32.2. The van der Waals surface area contributed by atoms with Crippen molar-refractivity contribution < 1.29 is 0 Å². The minimum absolute atomic E-state index is 0.0256. The van der Waals surface area contributed by atoms with Crippen LogP contribution in [0.1, 0.15) is 19.4 Å². The molecule has 0 amide bonds. The molecule has 1 heterocycles. The summed E-state index contributed by atoms with van der Waals surface area (Å²) in [5.74, 6) is 0. The van der Waals surface area contributed by atoms with Crippen LogP contribution in [0.2, 0.25) is 0 Å². The van der Waals surface area contributed by atoms with Gasteiger partial charge in [0.25, 0.3) is 5.56 Å². The molecule has 4 heteroatoms. The minimum atomic E-state index is 0.0256. The molecule has 0 N–H and O–H groups in total. The molecule has 0 radical (unpaired) electrons. The summed E-state index contributed by atoms with van der Waals surface area (Å²) in [7, 11) is 0. The molecular formula is C18H18N2OS. The number of aromatic nitrogens is 2. The third kappa shape index (κ3) is 3.07. The van der Waals surface area contributed by atoms with E-state index in [2.05, 4.69) is 13.8 Å². The molecule has 3 rings (SSSR count). The van der Waals surface area contributed by atoms with Crippen LogP contribution in [-0.2, 0) is 6.54 Å². The highest BCUT2D eigenvalue weighted by molar-refractivity contribution is 7.99. The first kappa shape index (κ1) is 14.9. The van der Waals surface area contributed by atoms with Gasteiger partial charge in [-0.05, 0) is 17.7 Å². The van der Waals surface area contributed by atoms with Crippen LogP contribution in [0.25, 0.3) is 10.9 Å². The van der Waals surface area contributed by atoms with Crippen LogP contribution in [0.4, 0.5) is 0 Å². The molecule has 0 fully saturated rings. The van der Waals surface area contributed by atoms with E-state index in [0.29, 0.717) is 17.2 Å². The van der Waals surface area contributed by atoms with Crippen molar-refractivity contribution in [2.24, 2.45) is 0 Å². The molecule has 0 unspecified atom stereocenters. The SMILES string of the molecule is CC(C)Sc1nc2ccccc2c(=O)n1Cc1ccccc1. The van der Waals surface area contributed by atoms with Crippen LogP contribution in [0.15, 0.2) is 64.5 Å². The van der Waals surface area contributed by atoms with Crippen LogP contribution in [0.5, 0.6) is 0 Å². The van der Waals surface area contributed by atoms with E-state index in [4.69, 9.17) is 4.98 Å². The molecule has 0 saturated carbocycles. The second kappa shape index (κ2) is 6.36. The van der Waals surface area contributed by atoms with Crippen molar-refractivity contribution in [3.8, 4) is 0 Å². The Morgan fingerprint density at radius 3 is 2.45 bits per heavy atom. The Bertz CT molecular complexity index is 841. The highest BCUT2D eigenvalue weighted by Gasteiger charge is 2.13. The van der Waals surface area contributed by atoms with Crippen molar-refractivity contribution >= 4 is 22.7 Å². The Morgan fingerprint density at radius 1 is 1.05 bits per heavy atom. The summed E-state index contributed by atoms with van der Waals surface area (Å²) >= 11 is 1.63. The Balaban J connectivity index is 2.16. The molecule has 0 saturated heterocycles. The highest BCUT2D eigenvalue weighted by Crippen LogP contribution is 2.22. The van der Waals surface area contributed by atoms with Gasteiger partial charge in [-0.25, -0.2) is 4.98 Å². The molecule has 0 aliphatic carbocycles. The van der Waals surface area contributed by atoms with E-state index in [1.807, 2.05) is 54.6 Å². The van der Waals surface area contributed by atoms with Gasteiger partial charge in [-0.3, -0.25) is 9.36 Å². The third-order valence-corrected chi connectivity index (χ3v) is 4.35. The number of hydrogen-bond acceptors (Lipinski definition) is 3. The summed E-state index contributed by atoms with van der Waals surface area (Å²) in [5.41, 5.74) is 1.89. The molecule has 0 atom stereocenters. The molecule has 3 aromatic rings. The van der Waals surface area contributed by atoms with E-state index in [1.165, 1.54) is 0 Å². The third-order valence-electron chi connectivity index (χ3n) is 3.35. The van der Waals surface area contributed by atoms with Gasteiger partial charge < -0.3 is 0 Å². The summed E-state index contributed by atoms with van der Waals surface area (Å²) in [6.45, 7) is 4.77. The van der Waals surface area contributed by atoms with Crippen LogP contribution < -0.4 is 5.56 Å². The fraction of sp³-hybridized carbons (Fsp3) is 0.222. The predicted molar refractivity (Wildman–Crippen MR) is 92.5 cm³/mol. The van der Waals surface area contributed by atoms with Crippen LogP contribution in [-0.4, -0.2) is 14.8 Å². The summed E-state index contributed by atoms with van der Waals surface area (Å²) in [6.07, 6.45) is 0. The average molecular weight is 310 g/mol.